The Bertz CT molecular complexity index is 420. The van der Waals surface area contributed by atoms with Crippen LogP contribution < -0.4 is 4.90 Å². The predicted octanol–water partition coefficient (Wildman–Crippen LogP) is 1.89. The van der Waals surface area contributed by atoms with E-state index < -0.39 is 5.97 Å². The van der Waals surface area contributed by atoms with E-state index >= 15 is 0 Å². The van der Waals surface area contributed by atoms with Crippen LogP contribution in [0.4, 0.5) is 5.82 Å². The van der Waals surface area contributed by atoms with Gasteiger partial charge in [0.25, 0.3) is 0 Å². The van der Waals surface area contributed by atoms with Crippen LogP contribution in [0.15, 0.2) is 17.4 Å². The smallest absolute Gasteiger partial charge is 0.313 e. The van der Waals surface area contributed by atoms with Gasteiger partial charge < -0.3 is 10.0 Å². The topological polar surface area (TPSA) is 66.3 Å². The second kappa shape index (κ2) is 6.04. The molecule has 0 aliphatic carbocycles. The zero-order valence-corrected chi connectivity index (χ0v) is 11.2. The summed E-state index contributed by atoms with van der Waals surface area (Å²) in [4.78, 5) is 21.1. The minimum Gasteiger partial charge on any atom is -0.481 e. The van der Waals surface area contributed by atoms with Gasteiger partial charge in [0.2, 0.25) is 0 Å². The molecule has 1 aromatic heterocycles. The first-order valence-electron chi connectivity index (χ1n) is 6.06. The Kier molecular flexibility index (Phi) is 4.41. The lowest BCUT2D eigenvalue weighted by Crippen LogP contribution is -2.33. The Labute approximate surface area is 111 Å². The van der Waals surface area contributed by atoms with Gasteiger partial charge in [0.15, 0.2) is 0 Å². The number of nitrogens with zero attached hydrogens (tertiary/aromatic N) is 3. The number of anilines is 1. The van der Waals surface area contributed by atoms with E-state index in [-0.39, 0.29) is 5.75 Å². The van der Waals surface area contributed by atoms with Crippen molar-refractivity contribution >= 4 is 23.5 Å². The molecule has 1 aliphatic heterocycles. The van der Waals surface area contributed by atoms with Crippen molar-refractivity contribution in [3.63, 3.8) is 0 Å². The van der Waals surface area contributed by atoms with Crippen LogP contribution in [0, 0.1) is 5.92 Å². The first kappa shape index (κ1) is 13.1. The SMILES string of the molecule is CC1CCN(c2cc(SCC(=O)O)ncn2)CC1. The minimum absolute atomic E-state index is 0.0352. The maximum Gasteiger partial charge on any atom is 0.313 e. The Hall–Kier alpha value is -1.30. The van der Waals surface area contributed by atoms with Crippen LogP contribution in [-0.2, 0) is 4.79 Å². The fourth-order valence-electron chi connectivity index (χ4n) is 1.96. The highest BCUT2D eigenvalue weighted by atomic mass is 32.2. The Morgan fingerprint density at radius 2 is 2.22 bits per heavy atom. The number of rotatable bonds is 4. The molecule has 2 rings (SSSR count). The van der Waals surface area contributed by atoms with Crippen LogP contribution in [0.1, 0.15) is 19.8 Å². The van der Waals surface area contributed by atoms with Crippen LogP contribution >= 0.6 is 11.8 Å². The second-order valence-corrected chi connectivity index (χ2v) is 5.56. The highest BCUT2D eigenvalue weighted by Crippen LogP contribution is 2.24. The lowest BCUT2D eigenvalue weighted by atomic mass is 9.99. The summed E-state index contributed by atoms with van der Waals surface area (Å²) in [5, 5.41) is 9.37. The number of aromatic nitrogens is 2. The average Bonchev–Trinajstić information content (AvgIpc) is 2.37. The standard InChI is InChI=1S/C12H17N3O2S/c1-9-2-4-15(5-3-9)10-6-11(14-8-13-10)18-7-12(16)17/h6,8-9H,2-5,7H2,1H3,(H,16,17). The van der Waals surface area contributed by atoms with E-state index in [0.29, 0.717) is 0 Å². The summed E-state index contributed by atoms with van der Waals surface area (Å²) < 4.78 is 0. The van der Waals surface area contributed by atoms with Gasteiger partial charge in [0.05, 0.1) is 5.75 Å². The molecule has 1 aliphatic rings. The number of hydrogen-bond acceptors (Lipinski definition) is 5. The van der Waals surface area contributed by atoms with E-state index in [1.807, 2.05) is 6.07 Å². The first-order chi connectivity index (χ1) is 8.65. The van der Waals surface area contributed by atoms with Gasteiger partial charge in [-0.3, -0.25) is 4.79 Å². The van der Waals surface area contributed by atoms with Crippen molar-refractivity contribution in [3.8, 4) is 0 Å². The minimum atomic E-state index is -0.827. The van der Waals surface area contributed by atoms with Crippen LogP contribution in [0.5, 0.6) is 0 Å². The van der Waals surface area contributed by atoms with Gasteiger partial charge in [-0.1, -0.05) is 18.7 Å². The maximum absolute atomic E-state index is 10.5. The summed E-state index contributed by atoms with van der Waals surface area (Å²) in [5.74, 6) is 0.897. The van der Waals surface area contributed by atoms with Crippen molar-refractivity contribution < 1.29 is 9.90 Å². The van der Waals surface area contributed by atoms with Crippen molar-refractivity contribution in [2.24, 2.45) is 5.92 Å². The first-order valence-corrected chi connectivity index (χ1v) is 7.05. The van der Waals surface area contributed by atoms with Crippen molar-refractivity contribution in [1.82, 2.24) is 9.97 Å². The lowest BCUT2D eigenvalue weighted by molar-refractivity contribution is -0.133. The third-order valence-corrected chi connectivity index (χ3v) is 3.99. The van der Waals surface area contributed by atoms with Gasteiger partial charge in [-0.05, 0) is 18.8 Å². The van der Waals surface area contributed by atoms with Crippen molar-refractivity contribution in [3.05, 3.63) is 12.4 Å². The number of thioether (sulfide) groups is 1. The number of aliphatic carboxylic acids is 1. The van der Waals surface area contributed by atoms with E-state index in [2.05, 4.69) is 21.8 Å². The van der Waals surface area contributed by atoms with Gasteiger partial charge in [-0.2, -0.15) is 0 Å². The zero-order valence-electron chi connectivity index (χ0n) is 10.4. The van der Waals surface area contributed by atoms with Gasteiger partial charge in [-0.25, -0.2) is 9.97 Å². The molecular weight excluding hydrogens is 250 g/mol. The highest BCUT2D eigenvalue weighted by Gasteiger charge is 2.17. The normalized spacial score (nSPS) is 16.8. The summed E-state index contributed by atoms with van der Waals surface area (Å²) in [6.45, 7) is 4.30. The van der Waals surface area contributed by atoms with Crippen LogP contribution in [0.2, 0.25) is 0 Å². The van der Waals surface area contributed by atoms with Crippen LogP contribution in [-0.4, -0.2) is 39.9 Å². The second-order valence-electron chi connectivity index (χ2n) is 4.57. The lowest BCUT2D eigenvalue weighted by Gasteiger charge is -2.31. The van der Waals surface area contributed by atoms with Crippen molar-refractivity contribution in [2.75, 3.05) is 23.7 Å². The van der Waals surface area contributed by atoms with Crippen LogP contribution in [0.3, 0.4) is 0 Å². The quantitative estimate of drug-likeness (QED) is 0.664. The number of carboxylic acids is 1. The molecule has 0 aromatic carbocycles. The molecule has 1 N–H and O–H groups in total. The Balaban J connectivity index is 2.00. The molecule has 1 fully saturated rings. The van der Waals surface area contributed by atoms with E-state index in [9.17, 15) is 4.79 Å². The molecule has 0 saturated carbocycles. The van der Waals surface area contributed by atoms with Gasteiger partial charge >= 0.3 is 5.97 Å². The number of piperidine rings is 1. The molecule has 0 atom stereocenters. The summed E-state index contributed by atoms with van der Waals surface area (Å²) in [7, 11) is 0. The molecule has 5 nitrogen and oxygen atoms in total. The van der Waals surface area contributed by atoms with Crippen LogP contribution in [0.25, 0.3) is 0 Å². The summed E-state index contributed by atoms with van der Waals surface area (Å²) in [6, 6.07) is 1.88. The largest absolute Gasteiger partial charge is 0.481 e. The van der Waals surface area contributed by atoms with Crippen molar-refractivity contribution in [1.29, 1.82) is 0 Å². The van der Waals surface area contributed by atoms with Gasteiger partial charge in [-0.15, -0.1) is 0 Å². The molecule has 0 radical (unpaired) electrons. The molecule has 1 aromatic rings. The number of carboxylic acid groups (broad SMARTS) is 1. The molecule has 0 bridgehead atoms. The average molecular weight is 267 g/mol. The van der Waals surface area contributed by atoms with E-state index in [1.54, 1.807) is 0 Å². The zero-order chi connectivity index (χ0) is 13.0. The predicted molar refractivity (Wildman–Crippen MR) is 71.0 cm³/mol. The van der Waals surface area contributed by atoms with Gasteiger partial charge in [0.1, 0.15) is 17.2 Å². The fourth-order valence-corrected chi connectivity index (χ4v) is 2.54. The Morgan fingerprint density at radius 3 is 2.89 bits per heavy atom. The monoisotopic (exact) mass is 267 g/mol. The Morgan fingerprint density at radius 1 is 1.50 bits per heavy atom. The molecule has 98 valence electrons. The molecule has 18 heavy (non-hydrogen) atoms. The summed E-state index contributed by atoms with van der Waals surface area (Å²) in [5.41, 5.74) is 0. The number of carbonyl (C=O) groups is 1. The molecule has 0 spiro atoms. The maximum atomic E-state index is 10.5. The molecule has 1 saturated heterocycles. The summed E-state index contributed by atoms with van der Waals surface area (Å²) in [6.07, 6.45) is 3.88. The molecule has 0 unspecified atom stereocenters. The molecular formula is C12H17N3O2S. The fraction of sp³-hybridized carbons (Fsp3) is 0.583. The summed E-state index contributed by atoms with van der Waals surface area (Å²) >= 11 is 1.23. The van der Waals surface area contributed by atoms with Crippen molar-refractivity contribution in [2.45, 2.75) is 24.8 Å². The molecule has 6 heteroatoms. The molecule has 2 heterocycles. The van der Waals surface area contributed by atoms with Gasteiger partial charge in [0, 0.05) is 19.2 Å². The van der Waals surface area contributed by atoms with E-state index in [0.717, 1.165) is 29.9 Å². The number of hydrogen-bond donors (Lipinski definition) is 1. The van der Waals surface area contributed by atoms with E-state index in [1.165, 1.54) is 30.9 Å². The van der Waals surface area contributed by atoms with E-state index in [4.69, 9.17) is 5.11 Å². The third-order valence-electron chi connectivity index (χ3n) is 3.08. The highest BCUT2D eigenvalue weighted by molar-refractivity contribution is 7.99. The molecule has 0 amide bonds. The third kappa shape index (κ3) is 3.60.